The molecular weight excluding hydrogens is 579 g/mol. The number of rotatable bonds is 9. The van der Waals surface area contributed by atoms with Crippen molar-refractivity contribution in [3.63, 3.8) is 0 Å². The normalized spacial score (nSPS) is 14.7. The van der Waals surface area contributed by atoms with Gasteiger partial charge in [0, 0.05) is 46.0 Å². The van der Waals surface area contributed by atoms with Crippen LogP contribution >= 0.6 is 11.6 Å². The number of benzene rings is 1. The molecule has 0 saturated carbocycles. The van der Waals surface area contributed by atoms with Crippen LogP contribution in [0.2, 0.25) is 30.7 Å². The van der Waals surface area contributed by atoms with E-state index in [9.17, 15) is 9.59 Å². The molecule has 1 fully saturated rings. The van der Waals surface area contributed by atoms with Crippen molar-refractivity contribution >= 4 is 53.6 Å². The molecule has 14 heteroatoms. The molecule has 2 amide bonds. The molecule has 1 aliphatic heterocycles. The first-order chi connectivity index (χ1) is 19.9. The van der Waals surface area contributed by atoms with Crippen LogP contribution in [0.5, 0.6) is 0 Å². The van der Waals surface area contributed by atoms with E-state index in [1.165, 1.54) is 16.9 Å². The summed E-state index contributed by atoms with van der Waals surface area (Å²) in [5, 5.41) is 16.7. The van der Waals surface area contributed by atoms with Gasteiger partial charge in [-0.2, -0.15) is 10.4 Å². The molecular formula is C28H32ClFN8O3Si. The zero-order valence-corrected chi connectivity index (χ0v) is 25.9. The lowest BCUT2D eigenvalue weighted by Crippen LogP contribution is -2.55. The minimum absolute atomic E-state index is 0.153. The number of aryl methyl sites for hydroxylation is 1. The van der Waals surface area contributed by atoms with Crippen LogP contribution in [0.25, 0.3) is 33.5 Å². The van der Waals surface area contributed by atoms with E-state index in [1.54, 1.807) is 35.7 Å². The maximum Gasteiger partial charge on any atom is 0.255 e. The van der Waals surface area contributed by atoms with E-state index in [2.05, 4.69) is 41.1 Å². The van der Waals surface area contributed by atoms with Crippen LogP contribution in [0.15, 0.2) is 24.5 Å². The van der Waals surface area contributed by atoms with Crippen LogP contribution in [0, 0.1) is 23.1 Å². The molecule has 1 saturated heterocycles. The predicted octanol–water partition coefficient (Wildman–Crippen LogP) is 4.19. The monoisotopic (exact) mass is 610 g/mol. The molecule has 1 aliphatic rings. The average molecular weight is 611 g/mol. The lowest BCUT2D eigenvalue weighted by molar-refractivity contribution is -0.137. The number of nitriles is 1. The molecule has 0 unspecified atom stereocenters. The number of hydrogen-bond donors (Lipinski definition) is 1. The second-order valence-electron chi connectivity index (χ2n) is 11.8. The van der Waals surface area contributed by atoms with Crippen molar-refractivity contribution in [1.29, 1.82) is 5.26 Å². The number of carbonyl (C=O) groups excluding carboxylic acids is 2. The SMILES string of the molecule is C[C@@H](NC(=O)c1cn(COCC[Si](C)(C)C)c2ncc(-c3nn(C)c4cc(Cl)cc(F)c34)nc12)C(=O)N1CC(C#N)C1. The highest BCUT2D eigenvalue weighted by atomic mass is 35.5. The van der Waals surface area contributed by atoms with Gasteiger partial charge in [-0.1, -0.05) is 31.2 Å². The maximum absolute atomic E-state index is 15.0. The molecule has 5 rings (SSSR count). The molecule has 1 N–H and O–H groups in total. The van der Waals surface area contributed by atoms with E-state index < -0.39 is 25.8 Å². The summed E-state index contributed by atoms with van der Waals surface area (Å²) in [5.74, 6) is -1.53. The van der Waals surface area contributed by atoms with Crippen molar-refractivity contribution in [1.82, 2.24) is 34.5 Å². The summed E-state index contributed by atoms with van der Waals surface area (Å²) in [6, 6.07) is 5.12. The Morgan fingerprint density at radius 2 is 2.05 bits per heavy atom. The summed E-state index contributed by atoms with van der Waals surface area (Å²) in [6.45, 7) is 9.80. The first-order valence-corrected chi connectivity index (χ1v) is 17.7. The van der Waals surface area contributed by atoms with Crippen LogP contribution in [0.3, 0.4) is 0 Å². The number of fused-ring (bicyclic) bond motifs is 2. The topological polar surface area (TPSA) is 131 Å². The van der Waals surface area contributed by atoms with Gasteiger partial charge in [0.15, 0.2) is 5.65 Å². The lowest BCUT2D eigenvalue weighted by Gasteiger charge is -2.37. The van der Waals surface area contributed by atoms with E-state index in [4.69, 9.17) is 26.6 Å². The van der Waals surface area contributed by atoms with Crippen molar-refractivity contribution in [3.8, 4) is 17.5 Å². The summed E-state index contributed by atoms with van der Waals surface area (Å²) >= 11 is 6.07. The highest BCUT2D eigenvalue weighted by Gasteiger charge is 2.34. The molecule has 4 aromatic rings. The molecule has 0 bridgehead atoms. The summed E-state index contributed by atoms with van der Waals surface area (Å²) in [4.78, 5) is 37.1. The van der Waals surface area contributed by atoms with Gasteiger partial charge in [0.2, 0.25) is 5.91 Å². The molecule has 1 aromatic carbocycles. The number of ether oxygens (including phenoxy) is 1. The highest BCUT2D eigenvalue weighted by Crippen LogP contribution is 2.32. The van der Waals surface area contributed by atoms with Gasteiger partial charge in [-0.3, -0.25) is 14.3 Å². The molecule has 0 spiro atoms. The van der Waals surface area contributed by atoms with Gasteiger partial charge < -0.3 is 19.5 Å². The summed E-state index contributed by atoms with van der Waals surface area (Å²) < 4.78 is 24.2. The number of hydrogen-bond acceptors (Lipinski definition) is 7. The molecule has 0 aliphatic carbocycles. The second-order valence-corrected chi connectivity index (χ2v) is 17.9. The molecule has 4 heterocycles. The van der Waals surface area contributed by atoms with Crippen molar-refractivity contribution in [2.45, 2.75) is 45.4 Å². The summed E-state index contributed by atoms with van der Waals surface area (Å²) in [6.07, 6.45) is 3.09. The molecule has 220 valence electrons. The number of nitrogens with zero attached hydrogens (tertiary/aromatic N) is 7. The Morgan fingerprint density at radius 3 is 2.74 bits per heavy atom. The van der Waals surface area contributed by atoms with Crippen molar-refractivity contribution < 1.29 is 18.7 Å². The Morgan fingerprint density at radius 1 is 1.31 bits per heavy atom. The Hall–Kier alpha value is -3.86. The first kappa shape index (κ1) is 29.6. The van der Waals surface area contributed by atoms with Crippen molar-refractivity contribution in [2.75, 3.05) is 19.7 Å². The largest absolute Gasteiger partial charge is 0.361 e. The van der Waals surface area contributed by atoms with Crippen LogP contribution in [0.1, 0.15) is 17.3 Å². The number of nitrogens with one attached hydrogen (secondary N) is 1. The van der Waals surface area contributed by atoms with Gasteiger partial charge in [-0.15, -0.1) is 0 Å². The van der Waals surface area contributed by atoms with E-state index in [1.807, 2.05) is 0 Å². The number of carbonyl (C=O) groups is 2. The Labute approximate surface area is 248 Å². The fraction of sp³-hybridized carbons (Fsp3) is 0.429. The van der Waals surface area contributed by atoms with Gasteiger partial charge >= 0.3 is 0 Å². The van der Waals surface area contributed by atoms with Gasteiger partial charge in [0.25, 0.3) is 5.91 Å². The van der Waals surface area contributed by atoms with E-state index in [0.717, 1.165) is 6.04 Å². The zero-order valence-electron chi connectivity index (χ0n) is 24.1. The second kappa shape index (κ2) is 11.4. The number of halogens is 2. The molecule has 11 nitrogen and oxygen atoms in total. The minimum Gasteiger partial charge on any atom is -0.361 e. The quantitative estimate of drug-likeness (QED) is 0.222. The van der Waals surface area contributed by atoms with Crippen molar-refractivity contribution in [2.24, 2.45) is 13.0 Å². The van der Waals surface area contributed by atoms with Gasteiger partial charge in [0.1, 0.15) is 35.5 Å². The fourth-order valence-corrected chi connectivity index (χ4v) is 5.76. The predicted molar refractivity (Wildman–Crippen MR) is 159 cm³/mol. The number of amides is 2. The Bertz CT molecular complexity index is 1740. The third-order valence-corrected chi connectivity index (χ3v) is 9.17. The average Bonchev–Trinajstić information content (AvgIpc) is 3.42. The standard InChI is InChI=1S/C28H32ClFN8O3Si/c1-16(28(40)37-12-17(10-31)13-37)33-27(39)19-14-38(15-41-6-7-42(3,4)5)26-24(19)34-21(11-32-26)25-23-20(30)8-18(29)9-22(23)36(2)35-25/h8-9,11,14,16-17H,6-7,12-13,15H2,1-5H3,(H,33,39)/t16-/m1/s1. The molecule has 3 aromatic heterocycles. The third-order valence-electron chi connectivity index (χ3n) is 7.24. The first-order valence-electron chi connectivity index (χ1n) is 13.6. The number of likely N-dealkylation sites (tertiary alicyclic amines) is 1. The van der Waals surface area contributed by atoms with Gasteiger partial charge in [-0.25, -0.2) is 14.4 Å². The van der Waals surface area contributed by atoms with E-state index in [0.29, 0.717) is 30.9 Å². The van der Waals surface area contributed by atoms with Crippen LogP contribution < -0.4 is 5.32 Å². The third kappa shape index (κ3) is 5.88. The Kier molecular flexibility index (Phi) is 8.06. The van der Waals surface area contributed by atoms with E-state index >= 15 is 4.39 Å². The Balaban J connectivity index is 1.49. The highest BCUT2D eigenvalue weighted by molar-refractivity contribution is 6.76. The zero-order chi connectivity index (χ0) is 30.3. The lowest BCUT2D eigenvalue weighted by atomic mass is 10.0. The maximum atomic E-state index is 15.0. The number of aromatic nitrogens is 5. The van der Waals surface area contributed by atoms with Gasteiger partial charge in [0.05, 0.1) is 34.7 Å². The summed E-state index contributed by atoms with van der Waals surface area (Å²) in [5.41, 5.74) is 1.87. The van der Waals surface area contributed by atoms with Crippen LogP contribution in [0.4, 0.5) is 4.39 Å². The van der Waals surface area contributed by atoms with Crippen LogP contribution in [-0.2, 0) is 23.3 Å². The molecule has 0 radical (unpaired) electrons. The van der Waals surface area contributed by atoms with Crippen molar-refractivity contribution in [3.05, 3.63) is 40.9 Å². The van der Waals surface area contributed by atoms with E-state index in [-0.39, 0.29) is 51.4 Å². The molecule has 42 heavy (non-hydrogen) atoms. The van der Waals surface area contributed by atoms with Crippen LogP contribution in [-0.4, -0.2) is 74.8 Å². The van der Waals surface area contributed by atoms with Gasteiger partial charge in [-0.05, 0) is 25.1 Å². The minimum atomic E-state index is -1.31. The smallest absolute Gasteiger partial charge is 0.255 e. The molecule has 1 atom stereocenters. The summed E-state index contributed by atoms with van der Waals surface area (Å²) in [7, 11) is 0.369. The fourth-order valence-electron chi connectivity index (χ4n) is 4.80.